The number of aryl methyl sites for hydroxylation is 1. The molecule has 0 aliphatic rings. The molecule has 0 saturated heterocycles. The quantitative estimate of drug-likeness (QED) is 0.869. The van der Waals surface area contributed by atoms with Crippen molar-refractivity contribution < 1.29 is 9.13 Å². The normalized spacial score (nSPS) is 10.2. The van der Waals surface area contributed by atoms with Gasteiger partial charge in [0.05, 0.1) is 0 Å². The average Bonchev–Trinajstić information content (AvgIpc) is 2.37. The van der Waals surface area contributed by atoms with Crippen LogP contribution >= 0.6 is 12.2 Å². The second kappa shape index (κ2) is 5.80. The number of hydrogen-bond donors (Lipinski definition) is 1. The summed E-state index contributed by atoms with van der Waals surface area (Å²) in [4.78, 5) is 0.185. The van der Waals surface area contributed by atoms with Crippen LogP contribution in [0, 0.1) is 12.7 Å². The number of halogens is 1. The topological polar surface area (TPSA) is 35.2 Å². The Kier molecular flexibility index (Phi) is 4.12. The fourth-order valence-electron chi connectivity index (χ4n) is 1.68. The second-order valence-electron chi connectivity index (χ2n) is 4.28. The van der Waals surface area contributed by atoms with Crippen molar-refractivity contribution in [1.82, 2.24) is 0 Å². The first-order chi connectivity index (χ1) is 9.06. The minimum absolute atomic E-state index is 0.174. The largest absolute Gasteiger partial charge is 0.489 e. The predicted molar refractivity (Wildman–Crippen MR) is 77.8 cm³/mol. The van der Waals surface area contributed by atoms with E-state index in [-0.39, 0.29) is 17.4 Å². The molecule has 2 nitrogen and oxygen atoms in total. The molecule has 2 N–H and O–H groups in total. The lowest BCUT2D eigenvalue weighted by molar-refractivity contribution is 0.299. The van der Waals surface area contributed by atoms with Crippen molar-refractivity contribution in [2.24, 2.45) is 5.73 Å². The van der Waals surface area contributed by atoms with E-state index in [2.05, 4.69) is 0 Å². The fourth-order valence-corrected chi connectivity index (χ4v) is 1.81. The van der Waals surface area contributed by atoms with Gasteiger partial charge in [-0.05, 0) is 30.7 Å². The minimum Gasteiger partial charge on any atom is -0.489 e. The van der Waals surface area contributed by atoms with Crippen LogP contribution in [0.1, 0.15) is 16.7 Å². The lowest BCUT2D eigenvalue weighted by atomic mass is 10.1. The highest BCUT2D eigenvalue weighted by Crippen LogP contribution is 2.16. The van der Waals surface area contributed by atoms with E-state index in [1.807, 2.05) is 31.2 Å². The molecular weight excluding hydrogens is 261 g/mol. The zero-order valence-corrected chi connectivity index (χ0v) is 11.3. The highest BCUT2D eigenvalue weighted by atomic mass is 32.1. The lowest BCUT2D eigenvalue weighted by Crippen LogP contribution is -2.10. The van der Waals surface area contributed by atoms with Gasteiger partial charge in [0.2, 0.25) is 0 Å². The van der Waals surface area contributed by atoms with Gasteiger partial charge in [-0.2, -0.15) is 0 Å². The molecule has 0 aromatic heterocycles. The highest BCUT2D eigenvalue weighted by molar-refractivity contribution is 7.80. The van der Waals surface area contributed by atoms with E-state index in [9.17, 15) is 4.39 Å². The lowest BCUT2D eigenvalue weighted by Gasteiger charge is -2.08. The van der Waals surface area contributed by atoms with Gasteiger partial charge in [0.1, 0.15) is 23.2 Å². The van der Waals surface area contributed by atoms with Gasteiger partial charge in [-0.3, -0.25) is 0 Å². The summed E-state index contributed by atoms with van der Waals surface area (Å²) < 4.78 is 19.3. The molecule has 0 aliphatic heterocycles. The smallest absolute Gasteiger partial charge is 0.130 e. The Labute approximate surface area is 117 Å². The summed E-state index contributed by atoms with van der Waals surface area (Å²) in [5.41, 5.74) is 7.54. The first kappa shape index (κ1) is 13.5. The van der Waals surface area contributed by atoms with E-state index in [0.29, 0.717) is 11.1 Å². The van der Waals surface area contributed by atoms with Gasteiger partial charge in [-0.15, -0.1) is 0 Å². The van der Waals surface area contributed by atoms with Gasteiger partial charge in [-0.25, -0.2) is 4.39 Å². The Morgan fingerprint density at radius 1 is 1.26 bits per heavy atom. The molecule has 0 bridgehead atoms. The standard InChI is InChI=1S/C15H14FNOS/c1-10-3-2-4-13(7-10)18-9-12-6-5-11(15(17)19)8-14(12)16/h2-8H,9H2,1H3,(H2,17,19). The van der Waals surface area contributed by atoms with Gasteiger partial charge in [0.25, 0.3) is 0 Å². The number of ether oxygens (including phenoxy) is 1. The van der Waals surface area contributed by atoms with E-state index < -0.39 is 0 Å². The zero-order chi connectivity index (χ0) is 13.8. The van der Waals surface area contributed by atoms with Crippen LogP contribution in [-0.4, -0.2) is 4.99 Å². The van der Waals surface area contributed by atoms with E-state index >= 15 is 0 Å². The maximum atomic E-state index is 13.8. The minimum atomic E-state index is -0.363. The van der Waals surface area contributed by atoms with Crippen LogP contribution in [-0.2, 0) is 6.61 Å². The van der Waals surface area contributed by atoms with Crippen LogP contribution in [0.15, 0.2) is 42.5 Å². The van der Waals surface area contributed by atoms with E-state index in [4.69, 9.17) is 22.7 Å². The van der Waals surface area contributed by atoms with Crippen LogP contribution in [0.5, 0.6) is 5.75 Å². The SMILES string of the molecule is Cc1cccc(OCc2ccc(C(N)=S)cc2F)c1. The van der Waals surface area contributed by atoms with E-state index in [0.717, 1.165) is 11.3 Å². The molecule has 0 saturated carbocycles. The number of thiocarbonyl (C=S) groups is 1. The molecular formula is C15H14FNOS. The number of rotatable bonds is 4. The summed E-state index contributed by atoms with van der Waals surface area (Å²) in [6.45, 7) is 2.15. The Morgan fingerprint density at radius 2 is 2.05 bits per heavy atom. The molecule has 0 radical (unpaired) electrons. The van der Waals surface area contributed by atoms with Gasteiger partial charge >= 0.3 is 0 Å². The third kappa shape index (κ3) is 3.51. The Morgan fingerprint density at radius 3 is 2.68 bits per heavy atom. The molecule has 2 aromatic carbocycles. The Hall–Kier alpha value is -1.94. The maximum Gasteiger partial charge on any atom is 0.130 e. The number of hydrogen-bond acceptors (Lipinski definition) is 2. The van der Waals surface area contributed by atoms with Gasteiger partial charge < -0.3 is 10.5 Å². The number of nitrogens with two attached hydrogens (primary N) is 1. The van der Waals surface area contributed by atoms with Crippen molar-refractivity contribution in [3.63, 3.8) is 0 Å². The van der Waals surface area contributed by atoms with Crippen molar-refractivity contribution >= 4 is 17.2 Å². The summed E-state index contributed by atoms with van der Waals surface area (Å²) >= 11 is 4.80. The first-order valence-electron chi connectivity index (χ1n) is 5.84. The monoisotopic (exact) mass is 275 g/mol. The molecule has 0 spiro atoms. The second-order valence-corrected chi connectivity index (χ2v) is 4.72. The van der Waals surface area contributed by atoms with Gasteiger partial charge in [0.15, 0.2) is 0 Å². The molecule has 0 aliphatic carbocycles. The molecule has 19 heavy (non-hydrogen) atoms. The van der Waals surface area contributed by atoms with Gasteiger partial charge in [-0.1, -0.05) is 36.5 Å². The molecule has 0 unspecified atom stereocenters. The molecule has 98 valence electrons. The third-order valence-electron chi connectivity index (χ3n) is 2.72. The van der Waals surface area contributed by atoms with Crippen LogP contribution < -0.4 is 10.5 Å². The summed E-state index contributed by atoms with van der Waals surface area (Å²) in [7, 11) is 0. The number of benzene rings is 2. The zero-order valence-electron chi connectivity index (χ0n) is 10.5. The van der Waals surface area contributed by atoms with Crippen LogP contribution in [0.25, 0.3) is 0 Å². The van der Waals surface area contributed by atoms with E-state index in [1.54, 1.807) is 12.1 Å². The first-order valence-corrected chi connectivity index (χ1v) is 6.25. The summed E-state index contributed by atoms with van der Waals surface area (Å²) in [5, 5.41) is 0. The molecule has 0 heterocycles. The van der Waals surface area contributed by atoms with Crippen LogP contribution in [0.3, 0.4) is 0 Å². The van der Waals surface area contributed by atoms with Gasteiger partial charge in [0, 0.05) is 11.1 Å². The Bertz CT molecular complexity index is 613. The summed E-state index contributed by atoms with van der Waals surface area (Å²) in [6, 6.07) is 12.3. The van der Waals surface area contributed by atoms with E-state index in [1.165, 1.54) is 6.07 Å². The molecule has 2 aromatic rings. The van der Waals surface area contributed by atoms with Crippen molar-refractivity contribution in [2.75, 3.05) is 0 Å². The summed E-state index contributed by atoms with van der Waals surface area (Å²) in [6.07, 6.45) is 0. The molecule has 0 fully saturated rings. The Balaban J connectivity index is 2.10. The summed E-state index contributed by atoms with van der Waals surface area (Å²) in [5.74, 6) is 0.357. The van der Waals surface area contributed by atoms with Crippen molar-refractivity contribution in [1.29, 1.82) is 0 Å². The molecule has 0 amide bonds. The van der Waals surface area contributed by atoms with Crippen molar-refractivity contribution in [3.05, 3.63) is 65.0 Å². The van der Waals surface area contributed by atoms with Crippen molar-refractivity contribution in [2.45, 2.75) is 13.5 Å². The average molecular weight is 275 g/mol. The maximum absolute atomic E-state index is 13.8. The van der Waals surface area contributed by atoms with Crippen LogP contribution in [0.2, 0.25) is 0 Å². The fraction of sp³-hybridized carbons (Fsp3) is 0.133. The predicted octanol–water partition coefficient (Wildman–Crippen LogP) is 3.35. The molecule has 0 atom stereocenters. The molecule has 2 rings (SSSR count). The van der Waals surface area contributed by atoms with Crippen molar-refractivity contribution in [3.8, 4) is 5.75 Å². The third-order valence-corrected chi connectivity index (χ3v) is 2.96. The molecule has 4 heteroatoms. The van der Waals surface area contributed by atoms with Crippen LogP contribution in [0.4, 0.5) is 4.39 Å². The highest BCUT2D eigenvalue weighted by Gasteiger charge is 2.06.